The molecule has 3 aromatic carbocycles. The van der Waals surface area contributed by atoms with Gasteiger partial charge in [-0.3, -0.25) is 4.79 Å². The van der Waals surface area contributed by atoms with Gasteiger partial charge in [-0.25, -0.2) is 0 Å². The van der Waals surface area contributed by atoms with Crippen LogP contribution >= 0.6 is 0 Å². The van der Waals surface area contributed by atoms with E-state index in [1.165, 1.54) is 11.1 Å². The normalized spacial score (nSPS) is 10.4. The molecule has 126 valence electrons. The molecular weight excluding hydrogens is 312 g/mol. The SMILES string of the molecule is O=C(O)CCc1ccc(OCc2cccc(-c3ccccc3)c2)cc1. The van der Waals surface area contributed by atoms with E-state index in [2.05, 4.69) is 24.3 Å². The Labute approximate surface area is 147 Å². The van der Waals surface area contributed by atoms with Gasteiger partial charge in [-0.15, -0.1) is 0 Å². The molecule has 3 aromatic rings. The molecule has 0 aliphatic carbocycles. The van der Waals surface area contributed by atoms with Crippen LogP contribution in [0.2, 0.25) is 0 Å². The third kappa shape index (κ3) is 4.95. The Morgan fingerprint density at radius 3 is 2.24 bits per heavy atom. The fourth-order valence-corrected chi connectivity index (χ4v) is 2.64. The molecule has 0 saturated carbocycles. The molecule has 0 saturated heterocycles. The van der Waals surface area contributed by atoms with E-state index in [9.17, 15) is 4.79 Å². The van der Waals surface area contributed by atoms with Gasteiger partial charge in [-0.05, 0) is 46.9 Å². The molecular formula is C22H20O3. The molecule has 3 heteroatoms. The summed E-state index contributed by atoms with van der Waals surface area (Å²) in [6.07, 6.45) is 0.682. The minimum Gasteiger partial charge on any atom is -0.489 e. The van der Waals surface area contributed by atoms with Crippen molar-refractivity contribution in [3.8, 4) is 16.9 Å². The molecule has 0 atom stereocenters. The lowest BCUT2D eigenvalue weighted by atomic mass is 10.0. The largest absolute Gasteiger partial charge is 0.489 e. The Balaban J connectivity index is 1.61. The molecule has 0 aliphatic rings. The fraction of sp³-hybridized carbons (Fsp3) is 0.136. The summed E-state index contributed by atoms with van der Waals surface area (Å²) >= 11 is 0. The number of rotatable bonds is 7. The highest BCUT2D eigenvalue weighted by molar-refractivity contribution is 5.67. The van der Waals surface area contributed by atoms with E-state index in [0.717, 1.165) is 16.9 Å². The van der Waals surface area contributed by atoms with Gasteiger partial charge in [-0.2, -0.15) is 0 Å². The van der Waals surface area contributed by atoms with Crippen LogP contribution in [0.4, 0.5) is 0 Å². The third-order valence-corrected chi connectivity index (χ3v) is 3.99. The quantitative estimate of drug-likeness (QED) is 0.666. The summed E-state index contributed by atoms with van der Waals surface area (Å²) in [6, 6.07) is 26.2. The smallest absolute Gasteiger partial charge is 0.303 e. The van der Waals surface area contributed by atoms with Crippen molar-refractivity contribution < 1.29 is 14.6 Å². The number of ether oxygens (including phenoxy) is 1. The van der Waals surface area contributed by atoms with Gasteiger partial charge in [0, 0.05) is 6.42 Å². The van der Waals surface area contributed by atoms with Crippen molar-refractivity contribution >= 4 is 5.97 Å². The van der Waals surface area contributed by atoms with Crippen LogP contribution in [0.5, 0.6) is 5.75 Å². The molecule has 1 N–H and O–H groups in total. The number of carboxylic acid groups (broad SMARTS) is 1. The van der Waals surface area contributed by atoms with Gasteiger partial charge in [0.15, 0.2) is 0 Å². The molecule has 0 aliphatic heterocycles. The zero-order valence-electron chi connectivity index (χ0n) is 13.9. The molecule has 0 aromatic heterocycles. The van der Waals surface area contributed by atoms with Crippen molar-refractivity contribution in [2.45, 2.75) is 19.4 Å². The predicted molar refractivity (Wildman–Crippen MR) is 98.6 cm³/mol. The first-order valence-electron chi connectivity index (χ1n) is 8.28. The molecule has 25 heavy (non-hydrogen) atoms. The summed E-state index contributed by atoms with van der Waals surface area (Å²) < 4.78 is 5.85. The summed E-state index contributed by atoms with van der Waals surface area (Å²) in [5.74, 6) is 0.00261. The predicted octanol–water partition coefficient (Wildman–Crippen LogP) is 4.95. The van der Waals surface area contributed by atoms with E-state index < -0.39 is 5.97 Å². The topological polar surface area (TPSA) is 46.5 Å². The Morgan fingerprint density at radius 1 is 0.800 bits per heavy atom. The third-order valence-electron chi connectivity index (χ3n) is 3.99. The lowest BCUT2D eigenvalue weighted by molar-refractivity contribution is -0.136. The zero-order chi connectivity index (χ0) is 17.5. The molecule has 3 nitrogen and oxygen atoms in total. The molecule has 0 heterocycles. The van der Waals surface area contributed by atoms with Crippen LogP contribution in [-0.2, 0) is 17.8 Å². The standard InChI is InChI=1S/C22H20O3/c23-22(24)14-11-17-9-12-21(13-10-17)25-16-18-5-4-8-20(15-18)19-6-2-1-3-7-19/h1-10,12-13,15H,11,14,16H2,(H,23,24). The maximum Gasteiger partial charge on any atom is 0.303 e. The van der Waals surface area contributed by atoms with Crippen LogP contribution in [0.1, 0.15) is 17.5 Å². The van der Waals surface area contributed by atoms with Crippen molar-refractivity contribution in [1.82, 2.24) is 0 Å². The monoisotopic (exact) mass is 332 g/mol. The summed E-state index contributed by atoms with van der Waals surface area (Å²) in [7, 11) is 0. The second kappa shape index (κ2) is 8.15. The van der Waals surface area contributed by atoms with E-state index in [1.54, 1.807) is 0 Å². The van der Waals surface area contributed by atoms with E-state index in [4.69, 9.17) is 9.84 Å². The number of carbonyl (C=O) groups is 1. The van der Waals surface area contributed by atoms with Crippen molar-refractivity contribution in [1.29, 1.82) is 0 Å². The highest BCUT2D eigenvalue weighted by Crippen LogP contribution is 2.21. The van der Waals surface area contributed by atoms with Crippen molar-refractivity contribution in [2.24, 2.45) is 0 Å². The Morgan fingerprint density at radius 2 is 1.52 bits per heavy atom. The van der Waals surface area contributed by atoms with Gasteiger partial charge in [0.05, 0.1) is 0 Å². The lowest BCUT2D eigenvalue weighted by Crippen LogP contribution is -1.98. The van der Waals surface area contributed by atoms with Gasteiger partial charge in [0.2, 0.25) is 0 Å². The molecule has 0 unspecified atom stereocenters. The number of hydrogen-bond donors (Lipinski definition) is 1. The average Bonchev–Trinajstić information content (AvgIpc) is 2.66. The Bertz CT molecular complexity index is 823. The van der Waals surface area contributed by atoms with Gasteiger partial charge < -0.3 is 9.84 Å². The van der Waals surface area contributed by atoms with Crippen LogP contribution in [0.25, 0.3) is 11.1 Å². The van der Waals surface area contributed by atoms with Crippen LogP contribution in [0.3, 0.4) is 0 Å². The van der Waals surface area contributed by atoms with Crippen molar-refractivity contribution in [2.75, 3.05) is 0 Å². The molecule has 0 amide bonds. The van der Waals surface area contributed by atoms with E-state index in [0.29, 0.717) is 13.0 Å². The van der Waals surface area contributed by atoms with E-state index in [-0.39, 0.29) is 6.42 Å². The molecule has 3 rings (SSSR count). The van der Waals surface area contributed by atoms with Crippen molar-refractivity contribution in [3.63, 3.8) is 0 Å². The molecule has 0 spiro atoms. The first kappa shape index (κ1) is 16.8. The van der Waals surface area contributed by atoms with Gasteiger partial charge in [0.25, 0.3) is 0 Å². The first-order chi connectivity index (χ1) is 12.2. The average molecular weight is 332 g/mol. The molecule has 0 radical (unpaired) electrons. The van der Waals surface area contributed by atoms with Crippen molar-refractivity contribution in [3.05, 3.63) is 90.0 Å². The highest BCUT2D eigenvalue weighted by Gasteiger charge is 2.02. The summed E-state index contributed by atoms with van der Waals surface area (Å²) in [5.41, 5.74) is 4.47. The maximum atomic E-state index is 10.6. The maximum absolute atomic E-state index is 10.6. The molecule has 0 fully saturated rings. The van der Waals surface area contributed by atoms with E-state index in [1.807, 2.05) is 54.6 Å². The summed E-state index contributed by atoms with van der Waals surface area (Å²) in [6.45, 7) is 0.495. The zero-order valence-corrected chi connectivity index (χ0v) is 13.9. The second-order valence-electron chi connectivity index (χ2n) is 5.89. The molecule has 0 bridgehead atoms. The summed E-state index contributed by atoms with van der Waals surface area (Å²) in [5, 5.41) is 8.72. The number of hydrogen-bond acceptors (Lipinski definition) is 2. The Hall–Kier alpha value is -3.07. The number of benzene rings is 3. The van der Waals surface area contributed by atoms with Gasteiger partial charge in [0.1, 0.15) is 12.4 Å². The van der Waals surface area contributed by atoms with Crippen LogP contribution in [-0.4, -0.2) is 11.1 Å². The Kier molecular flexibility index (Phi) is 5.47. The van der Waals surface area contributed by atoms with Crippen LogP contribution in [0.15, 0.2) is 78.9 Å². The minimum atomic E-state index is -0.779. The lowest BCUT2D eigenvalue weighted by Gasteiger charge is -2.09. The number of aryl methyl sites for hydroxylation is 1. The fourth-order valence-electron chi connectivity index (χ4n) is 2.64. The number of carboxylic acids is 1. The second-order valence-corrected chi connectivity index (χ2v) is 5.89. The van der Waals surface area contributed by atoms with E-state index >= 15 is 0 Å². The first-order valence-corrected chi connectivity index (χ1v) is 8.28. The minimum absolute atomic E-state index is 0.145. The van der Waals surface area contributed by atoms with Gasteiger partial charge in [-0.1, -0.05) is 60.7 Å². The summed E-state index contributed by atoms with van der Waals surface area (Å²) in [4.78, 5) is 10.6. The number of aliphatic carboxylic acids is 1. The highest BCUT2D eigenvalue weighted by atomic mass is 16.5. The van der Waals surface area contributed by atoms with Gasteiger partial charge >= 0.3 is 5.97 Å². The van der Waals surface area contributed by atoms with Crippen LogP contribution in [0, 0.1) is 0 Å². The van der Waals surface area contributed by atoms with Crippen LogP contribution < -0.4 is 4.74 Å².